The van der Waals surface area contributed by atoms with Gasteiger partial charge in [-0.25, -0.2) is 0 Å². The van der Waals surface area contributed by atoms with Gasteiger partial charge in [0.2, 0.25) is 12.3 Å². The van der Waals surface area contributed by atoms with Gasteiger partial charge in [0.25, 0.3) is 0 Å². The molecule has 0 radical (unpaired) electrons. The van der Waals surface area contributed by atoms with E-state index in [1.54, 1.807) is 23.1 Å². The second kappa shape index (κ2) is 6.64. The second-order valence-electron chi connectivity index (χ2n) is 4.88. The summed E-state index contributed by atoms with van der Waals surface area (Å²) in [6.45, 7) is 1.30. The highest BCUT2D eigenvalue weighted by atomic mass is 35.5. The van der Waals surface area contributed by atoms with E-state index in [4.69, 9.17) is 32.5 Å². The zero-order valence-corrected chi connectivity index (χ0v) is 13.0. The summed E-state index contributed by atoms with van der Waals surface area (Å²) >= 11 is 12.0. The molecule has 6 nitrogen and oxygen atoms in total. The van der Waals surface area contributed by atoms with Gasteiger partial charge in [-0.1, -0.05) is 34.4 Å². The quantitative estimate of drug-likeness (QED) is 0.857. The summed E-state index contributed by atoms with van der Waals surface area (Å²) in [7, 11) is 0. The fraction of sp³-hybridized carbons (Fsp3) is 0.357. The summed E-state index contributed by atoms with van der Waals surface area (Å²) in [5.74, 6) is 0.373. The minimum atomic E-state index is -0.342. The number of amides is 1. The van der Waals surface area contributed by atoms with Crippen molar-refractivity contribution in [2.45, 2.75) is 12.5 Å². The summed E-state index contributed by atoms with van der Waals surface area (Å²) < 4.78 is 10.2. The van der Waals surface area contributed by atoms with E-state index in [-0.39, 0.29) is 18.4 Å². The summed E-state index contributed by atoms with van der Waals surface area (Å²) in [5, 5.41) is 4.82. The van der Waals surface area contributed by atoms with Gasteiger partial charge in [-0.2, -0.15) is 4.98 Å². The number of hydrogen-bond acceptors (Lipinski definition) is 5. The molecule has 1 aromatic heterocycles. The Balaban J connectivity index is 1.77. The molecule has 3 rings (SSSR count). The van der Waals surface area contributed by atoms with Gasteiger partial charge in [0.05, 0.1) is 19.6 Å². The zero-order chi connectivity index (χ0) is 15.5. The molecule has 1 fully saturated rings. The van der Waals surface area contributed by atoms with Crippen LogP contribution in [0, 0.1) is 0 Å². The first kappa shape index (κ1) is 15.3. The van der Waals surface area contributed by atoms with Crippen molar-refractivity contribution in [1.82, 2.24) is 15.0 Å². The maximum Gasteiger partial charge on any atom is 0.227 e. The van der Waals surface area contributed by atoms with Crippen LogP contribution in [0.25, 0.3) is 0 Å². The molecule has 1 amide bonds. The first-order valence-corrected chi connectivity index (χ1v) is 7.48. The fourth-order valence-corrected chi connectivity index (χ4v) is 2.85. The fourth-order valence-electron chi connectivity index (χ4n) is 2.37. The zero-order valence-electron chi connectivity index (χ0n) is 11.5. The van der Waals surface area contributed by atoms with E-state index in [0.717, 1.165) is 5.56 Å². The third kappa shape index (κ3) is 3.24. The Morgan fingerprint density at radius 1 is 1.41 bits per heavy atom. The first-order valence-electron chi connectivity index (χ1n) is 6.72. The molecular formula is C14H13Cl2N3O3. The molecule has 1 aromatic carbocycles. The topological polar surface area (TPSA) is 68.5 Å². The SMILES string of the molecule is O=C(Cc1ccc(Cl)cc1Cl)N1CCOC[C@H]1c1ncon1. The van der Waals surface area contributed by atoms with E-state index in [9.17, 15) is 4.79 Å². The molecule has 0 aliphatic carbocycles. The largest absolute Gasteiger partial charge is 0.377 e. The van der Waals surface area contributed by atoms with Crippen LogP contribution in [-0.2, 0) is 16.0 Å². The number of aromatic nitrogens is 2. The predicted octanol–water partition coefficient (Wildman–Crippen LogP) is 2.52. The van der Waals surface area contributed by atoms with Crippen LogP contribution in [0.15, 0.2) is 29.1 Å². The number of carbonyl (C=O) groups is 1. The van der Waals surface area contributed by atoms with Gasteiger partial charge in [0, 0.05) is 16.6 Å². The molecule has 116 valence electrons. The van der Waals surface area contributed by atoms with Crippen LogP contribution in [0.2, 0.25) is 10.0 Å². The van der Waals surface area contributed by atoms with E-state index in [1.807, 2.05) is 0 Å². The molecule has 0 unspecified atom stereocenters. The number of rotatable bonds is 3. The number of ether oxygens (including phenoxy) is 1. The van der Waals surface area contributed by atoms with Crippen LogP contribution >= 0.6 is 23.2 Å². The van der Waals surface area contributed by atoms with Crippen molar-refractivity contribution >= 4 is 29.1 Å². The first-order chi connectivity index (χ1) is 10.6. The van der Waals surface area contributed by atoms with E-state index >= 15 is 0 Å². The van der Waals surface area contributed by atoms with Crippen molar-refractivity contribution in [3.63, 3.8) is 0 Å². The molecule has 1 aliphatic heterocycles. The summed E-state index contributed by atoms with van der Waals surface area (Å²) in [5.41, 5.74) is 0.731. The Morgan fingerprint density at radius 2 is 2.27 bits per heavy atom. The molecule has 1 aliphatic rings. The Morgan fingerprint density at radius 3 is 3.00 bits per heavy atom. The maximum absolute atomic E-state index is 12.6. The summed E-state index contributed by atoms with van der Waals surface area (Å²) in [6, 6.07) is 4.76. The van der Waals surface area contributed by atoms with Gasteiger partial charge in [-0.15, -0.1) is 0 Å². The standard InChI is InChI=1S/C14H13Cl2N3O3/c15-10-2-1-9(11(16)6-10)5-13(20)19-3-4-21-7-12(19)14-17-8-22-18-14/h1-2,6,8,12H,3-5,7H2/t12-/m0/s1. The third-order valence-corrected chi connectivity index (χ3v) is 4.07. The highest BCUT2D eigenvalue weighted by Crippen LogP contribution is 2.25. The Labute approximate surface area is 136 Å². The van der Waals surface area contributed by atoms with Crippen LogP contribution in [0.4, 0.5) is 0 Å². The maximum atomic E-state index is 12.6. The van der Waals surface area contributed by atoms with Gasteiger partial charge < -0.3 is 14.2 Å². The molecule has 0 saturated carbocycles. The number of nitrogens with zero attached hydrogens (tertiary/aromatic N) is 3. The highest BCUT2D eigenvalue weighted by molar-refractivity contribution is 6.35. The van der Waals surface area contributed by atoms with E-state index < -0.39 is 0 Å². The minimum Gasteiger partial charge on any atom is -0.377 e. The lowest BCUT2D eigenvalue weighted by atomic mass is 10.1. The van der Waals surface area contributed by atoms with Gasteiger partial charge in [0.15, 0.2) is 5.82 Å². The summed E-state index contributed by atoms with van der Waals surface area (Å²) in [6.07, 6.45) is 1.42. The monoisotopic (exact) mass is 341 g/mol. The van der Waals surface area contributed by atoms with Crippen LogP contribution in [0.3, 0.4) is 0 Å². The van der Waals surface area contributed by atoms with Crippen molar-refractivity contribution in [2.24, 2.45) is 0 Å². The lowest BCUT2D eigenvalue weighted by molar-refractivity contribution is -0.139. The van der Waals surface area contributed by atoms with Crippen molar-refractivity contribution in [1.29, 1.82) is 0 Å². The average Bonchev–Trinajstić information content (AvgIpc) is 3.04. The number of halogens is 2. The number of benzene rings is 1. The molecular weight excluding hydrogens is 329 g/mol. The smallest absolute Gasteiger partial charge is 0.227 e. The van der Waals surface area contributed by atoms with E-state index in [0.29, 0.717) is 35.6 Å². The van der Waals surface area contributed by atoms with Crippen molar-refractivity contribution < 1.29 is 14.1 Å². The molecule has 1 saturated heterocycles. The molecule has 1 atom stereocenters. The van der Waals surface area contributed by atoms with Crippen LogP contribution in [-0.4, -0.2) is 40.7 Å². The summed E-state index contributed by atoms with van der Waals surface area (Å²) in [4.78, 5) is 18.3. The molecule has 0 spiro atoms. The van der Waals surface area contributed by atoms with Gasteiger partial charge in [-0.05, 0) is 17.7 Å². The number of hydrogen-bond donors (Lipinski definition) is 0. The number of morpholine rings is 1. The van der Waals surface area contributed by atoms with Crippen LogP contribution in [0.5, 0.6) is 0 Å². The third-order valence-electron chi connectivity index (χ3n) is 3.48. The van der Waals surface area contributed by atoms with Crippen molar-refractivity contribution in [3.8, 4) is 0 Å². The van der Waals surface area contributed by atoms with Gasteiger partial charge in [0.1, 0.15) is 6.04 Å². The van der Waals surface area contributed by atoms with Crippen molar-refractivity contribution in [3.05, 3.63) is 46.0 Å². The molecule has 2 heterocycles. The Hall–Kier alpha value is -1.63. The normalized spacial score (nSPS) is 18.5. The highest BCUT2D eigenvalue weighted by Gasteiger charge is 2.31. The van der Waals surface area contributed by atoms with Crippen LogP contribution in [0.1, 0.15) is 17.4 Å². The van der Waals surface area contributed by atoms with Crippen LogP contribution < -0.4 is 0 Å². The molecule has 22 heavy (non-hydrogen) atoms. The van der Waals surface area contributed by atoms with E-state index in [2.05, 4.69) is 10.1 Å². The van der Waals surface area contributed by atoms with Gasteiger partial charge in [-0.3, -0.25) is 4.79 Å². The molecule has 8 heteroatoms. The predicted molar refractivity (Wildman–Crippen MR) is 79.7 cm³/mol. The molecule has 0 N–H and O–H groups in total. The second-order valence-corrected chi connectivity index (χ2v) is 5.72. The van der Waals surface area contributed by atoms with Crippen molar-refractivity contribution in [2.75, 3.05) is 19.8 Å². The lowest BCUT2D eigenvalue weighted by Gasteiger charge is -2.33. The Kier molecular flexibility index (Phi) is 4.61. The molecule has 2 aromatic rings. The van der Waals surface area contributed by atoms with E-state index in [1.165, 1.54) is 6.39 Å². The molecule has 0 bridgehead atoms. The lowest BCUT2D eigenvalue weighted by Crippen LogP contribution is -2.44. The number of carbonyl (C=O) groups excluding carboxylic acids is 1. The Bertz CT molecular complexity index is 663. The average molecular weight is 342 g/mol. The van der Waals surface area contributed by atoms with Gasteiger partial charge >= 0.3 is 0 Å². The minimum absolute atomic E-state index is 0.0673.